The highest BCUT2D eigenvalue weighted by Crippen LogP contribution is 2.37. The standard InChI is InChI=1S/C23H26/c1-4-17(2)22-15-14-20(19-11-6-5-7-12-19)16-23(22)21-13-9-8-10-18(21)3/h5-8,10-12,14-17H,4,9,13H2,1-3H3. The Kier molecular flexibility index (Phi) is 4.81. The molecule has 3 rings (SSSR count). The van der Waals surface area contributed by atoms with Crippen LogP contribution >= 0.6 is 0 Å². The van der Waals surface area contributed by atoms with Crippen molar-refractivity contribution in [3.05, 3.63) is 77.4 Å². The molecule has 0 heterocycles. The van der Waals surface area contributed by atoms with Gasteiger partial charge in [-0.15, -0.1) is 0 Å². The molecule has 0 fully saturated rings. The Bertz CT molecular complexity index is 732. The van der Waals surface area contributed by atoms with Crippen LogP contribution in [0.15, 0.2) is 66.3 Å². The second-order valence-electron chi connectivity index (χ2n) is 6.58. The molecule has 2 aromatic rings. The fourth-order valence-electron chi connectivity index (χ4n) is 3.41. The number of hydrogen-bond donors (Lipinski definition) is 0. The fourth-order valence-corrected chi connectivity index (χ4v) is 3.41. The van der Waals surface area contributed by atoms with E-state index in [0.717, 1.165) is 12.8 Å². The van der Waals surface area contributed by atoms with Crippen LogP contribution < -0.4 is 0 Å². The zero-order valence-corrected chi connectivity index (χ0v) is 14.5. The summed E-state index contributed by atoms with van der Waals surface area (Å²) in [6, 6.07) is 17.8. The van der Waals surface area contributed by atoms with Crippen LogP contribution in [-0.2, 0) is 0 Å². The van der Waals surface area contributed by atoms with E-state index >= 15 is 0 Å². The third kappa shape index (κ3) is 3.32. The molecule has 0 heteroatoms. The molecule has 0 spiro atoms. The molecule has 0 saturated heterocycles. The quantitative estimate of drug-likeness (QED) is 0.571. The molecule has 0 radical (unpaired) electrons. The second-order valence-corrected chi connectivity index (χ2v) is 6.58. The Morgan fingerprint density at radius 2 is 1.78 bits per heavy atom. The Hall–Kier alpha value is -2.08. The summed E-state index contributed by atoms with van der Waals surface area (Å²) in [7, 11) is 0. The van der Waals surface area contributed by atoms with Gasteiger partial charge in [0.05, 0.1) is 0 Å². The average Bonchev–Trinajstić information content (AvgIpc) is 2.62. The molecular weight excluding hydrogens is 276 g/mol. The summed E-state index contributed by atoms with van der Waals surface area (Å²) >= 11 is 0. The van der Waals surface area contributed by atoms with Crippen LogP contribution in [0.5, 0.6) is 0 Å². The highest BCUT2D eigenvalue weighted by molar-refractivity contribution is 5.78. The number of hydrogen-bond acceptors (Lipinski definition) is 0. The van der Waals surface area contributed by atoms with Gasteiger partial charge in [-0.25, -0.2) is 0 Å². The lowest BCUT2D eigenvalue weighted by atomic mass is 9.83. The summed E-state index contributed by atoms with van der Waals surface area (Å²) in [5, 5.41) is 0. The van der Waals surface area contributed by atoms with E-state index in [1.165, 1.54) is 39.8 Å². The minimum atomic E-state index is 0.598. The number of rotatable bonds is 4. The zero-order valence-electron chi connectivity index (χ0n) is 14.5. The van der Waals surface area contributed by atoms with Gasteiger partial charge in [0.2, 0.25) is 0 Å². The first-order chi connectivity index (χ1) is 11.2. The van der Waals surface area contributed by atoms with Crippen LogP contribution in [0.25, 0.3) is 16.7 Å². The van der Waals surface area contributed by atoms with Crippen molar-refractivity contribution in [2.45, 2.75) is 46.0 Å². The monoisotopic (exact) mass is 302 g/mol. The van der Waals surface area contributed by atoms with Gasteiger partial charge >= 0.3 is 0 Å². The van der Waals surface area contributed by atoms with E-state index in [-0.39, 0.29) is 0 Å². The molecule has 0 aliphatic heterocycles. The molecule has 0 bridgehead atoms. The van der Waals surface area contributed by atoms with Crippen LogP contribution in [0, 0.1) is 0 Å². The average molecular weight is 302 g/mol. The van der Waals surface area contributed by atoms with E-state index < -0.39 is 0 Å². The van der Waals surface area contributed by atoms with Gasteiger partial charge in [-0.2, -0.15) is 0 Å². The minimum absolute atomic E-state index is 0.598. The molecule has 23 heavy (non-hydrogen) atoms. The van der Waals surface area contributed by atoms with Crippen LogP contribution in [-0.4, -0.2) is 0 Å². The molecule has 1 unspecified atom stereocenters. The van der Waals surface area contributed by atoms with E-state index in [9.17, 15) is 0 Å². The molecule has 0 aromatic heterocycles. The van der Waals surface area contributed by atoms with Crippen LogP contribution in [0.3, 0.4) is 0 Å². The van der Waals surface area contributed by atoms with Crippen LogP contribution in [0.2, 0.25) is 0 Å². The van der Waals surface area contributed by atoms with Gasteiger partial charge < -0.3 is 0 Å². The van der Waals surface area contributed by atoms with Gasteiger partial charge in [0.15, 0.2) is 0 Å². The Balaban J connectivity index is 2.15. The summed E-state index contributed by atoms with van der Waals surface area (Å²) in [6.07, 6.45) is 8.07. The molecule has 2 aromatic carbocycles. The van der Waals surface area contributed by atoms with Crippen molar-refractivity contribution < 1.29 is 0 Å². The van der Waals surface area contributed by atoms with Crippen molar-refractivity contribution in [1.82, 2.24) is 0 Å². The first-order valence-electron chi connectivity index (χ1n) is 8.76. The van der Waals surface area contributed by atoms with Gasteiger partial charge in [0.1, 0.15) is 0 Å². The molecule has 0 saturated carbocycles. The van der Waals surface area contributed by atoms with E-state index in [2.05, 4.69) is 81.5 Å². The summed E-state index contributed by atoms with van der Waals surface area (Å²) < 4.78 is 0. The predicted octanol–water partition coefficient (Wildman–Crippen LogP) is 6.99. The number of benzene rings is 2. The molecular formula is C23H26. The van der Waals surface area contributed by atoms with Crippen molar-refractivity contribution in [3.63, 3.8) is 0 Å². The second kappa shape index (κ2) is 7.00. The summed E-state index contributed by atoms with van der Waals surface area (Å²) in [6.45, 7) is 6.87. The van der Waals surface area contributed by atoms with Crippen molar-refractivity contribution in [2.75, 3.05) is 0 Å². The zero-order chi connectivity index (χ0) is 16.2. The normalized spacial score (nSPS) is 15.8. The summed E-state index contributed by atoms with van der Waals surface area (Å²) in [4.78, 5) is 0. The molecule has 1 atom stereocenters. The SMILES string of the molecule is CCC(C)c1ccc(-c2ccccc2)cc1C1=C(C)C=CCC1. The van der Waals surface area contributed by atoms with Gasteiger partial charge in [-0.1, -0.05) is 68.5 Å². The van der Waals surface area contributed by atoms with Crippen molar-refractivity contribution in [1.29, 1.82) is 0 Å². The lowest BCUT2D eigenvalue weighted by Crippen LogP contribution is -2.02. The third-order valence-electron chi connectivity index (χ3n) is 5.03. The van der Waals surface area contributed by atoms with E-state index in [0.29, 0.717) is 5.92 Å². The van der Waals surface area contributed by atoms with Crippen LogP contribution in [0.1, 0.15) is 57.1 Å². The highest BCUT2D eigenvalue weighted by Gasteiger charge is 2.16. The molecule has 0 amide bonds. The van der Waals surface area contributed by atoms with E-state index in [4.69, 9.17) is 0 Å². The van der Waals surface area contributed by atoms with E-state index in [1.807, 2.05) is 0 Å². The lowest BCUT2D eigenvalue weighted by Gasteiger charge is -2.21. The highest BCUT2D eigenvalue weighted by atomic mass is 14.2. The fraction of sp³-hybridized carbons (Fsp3) is 0.304. The van der Waals surface area contributed by atoms with Crippen LogP contribution in [0.4, 0.5) is 0 Å². The molecule has 0 N–H and O–H groups in total. The largest absolute Gasteiger partial charge is 0.0839 e. The number of allylic oxidation sites excluding steroid dienone is 4. The first-order valence-corrected chi connectivity index (χ1v) is 8.76. The maximum Gasteiger partial charge on any atom is -0.0178 e. The van der Waals surface area contributed by atoms with Gasteiger partial charge in [0.25, 0.3) is 0 Å². The van der Waals surface area contributed by atoms with E-state index in [1.54, 1.807) is 0 Å². The van der Waals surface area contributed by atoms with Crippen molar-refractivity contribution in [2.24, 2.45) is 0 Å². The maximum absolute atomic E-state index is 2.41. The molecule has 1 aliphatic carbocycles. The topological polar surface area (TPSA) is 0 Å². The Morgan fingerprint density at radius 1 is 1.00 bits per heavy atom. The molecule has 118 valence electrons. The Morgan fingerprint density at radius 3 is 2.48 bits per heavy atom. The smallest absolute Gasteiger partial charge is 0.0178 e. The summed E-state index contributed by atoms with van der Waals surface area (Å²) in [5.41, 5.74) is 8.53. The first kappa shape index (κ1) is 15.8. The van der Waals surface area contributed by atoms with Gasteiger partial charge in [-0.3, -0.25) is 0 Å². The minimum Gasteiger partial charge on any atom is -0.0839 e. The summed E-state index contributed by atoms with van der Waals surface area (Å²) in [5.74, 6) is 0.598. The lowest BCUT2D eigenvalue weighted by molar-refractivity contribution is 0.730. The van der Waals surface area contributed by atoms with Crippen molar-refractivity contribution in [3.8, 4) is 11.1 Å². The molecule has 1 aliphatic rings. The Labute approximate surface area is 140 Å². The molecule has 0 nitrogen and oxygen atoms in total. The third-order valence-corrected chi connectivity index (χ3v) is 5.03. The predicted molar refractivity (Wildman–Crippen MR) is 102 cm³/mol. The van der Waals surface area contributed by atoms with Gasteiger partial charge in [-0.05, 0) is 71.6 Å². The van der Waals surface area contributed by atoms with Gasteiger partial charge in [0, 0.05) is 0 Å². The maximum atomic E-state index is 2.41. The van der Waals surface area contributed by atoms with Crippen molar-refractivity contribution >= 4 is 5.57 Å².